The van der Waals surface area contributed by atoms with Crippen LogP contribution in [0.2, 0.25) is 5.02 Å². The second-order valence-corrected chi connectivity index (χ2v) is 36.4. The van der Waals surface area contributed by atoms with E-state index in [1.54, 1.807) is 42.3 Å². The van der Waals surface area contributed by atoms with Crippen LogP contribution in [0, 0.1) is 28.6 Å². The number of methoxy groups -OCH3 is 1. The van der Waals surface area contributed by atoms with Crippen molar-refractivity contribution in [2.24, 2.45) is 40.7 Å². The molecule has 1 aromatic carbocycles. The van der Waals surface area contributed by atoms with Gasteiger partial charge in [0.25, 0.3) is 0 Å². The molecule has 2 saturated carbocycles. The Labute approximate surface area is 786 Å². The van der Waals surface area contributed by atoms with E-state index in [-0.39, 0.29) is 158 Å². The van der Waals surface area contributed by atoms with Crippen molar-refractivity contribution in [1.29, 1.82) is 10.8 Å². The molecule has 134 heavy (non-hydrogen) atoms. The summed E-state index contributed by atoms with van der Waals surface area (Å²) in [6.07, 6.45) is 15.1. The number of halogens is 1. The van der Waals surface area contributed by atoms with Gasteiger partial charge in [-0.05, 0) is 158 Å². The van der Waals surface area contributed by atoms with Crippen LogP contribution in [0.5, 0.6) is 0 Å². The molecule has 45 heteroatoms. The molecule has 5 aliphatic rings. The van der Waals surface area contributed by atoms with Crippen LogP contribution in [-0.4, -0.2) is 302 Å². The molecule has 2 aromatic heterocycles. The minimum Gasteiger partial charge on any atom is -0.480 e. The van der Waals surface area contributed by atoms with Crippen LogP contribution in [0.4, 0.5) is 0 Å². The molecule has 3 saturated heterocycles. The number of amides is 13. The van der Waals surface area contributed by atoms with Crippen LogP contribution in [0.3, 0.4) is 0 Å². The first-order valence-corrected chi connectivity index (χ1v) is 47.7. The average Bonchev–Trinajstić information content (AvgIpc) is 1.63. The van der Waals surface area contributed by atoms with Crippen molar-refractivity contribution >= 4 is 106 Å². The quantitative estimate of drug-likeness (QED) is 0.0176. The van der Waals surface area contributed by atoms with E-state index >= 15 is 14.4 Å². The van der Waals surface area contributed by atoms with Gasteiger partial charge in [0.05, 0.1) is 63.3 Å². The van der Waals surface area contributed by atoms with Gasteiger partial charge in [0.15, 0.2) is 11.9 Å². The molecule has 2 aliphatic carbocycles. The molecule has 0 radical (unpaired) electrons. The predicted molar refractivity (Wildman–Crippen MR) is 493 cm³/mol. The standard InChI is InChI=1S/C89H143ClN26O18/c1-5-6-22-63(85(129)115-37-18-28-72(115)83(127)109-68(87(131)132)44-55-29-31-57(90)32-30-55)105-84(128)73-45-56-21-10-11-26-70(56)116(73)74(118)49-100-76(120)61(23-12-14-33-91)102-80(124)67(47-58-48-97-52-101-58)108-81(125)69(51-117)110-79(123)66(43-54-19-8-7-9-20-54)107-77(121)62(24-13-15-34-98-88(93)94)103-82(126)71-27-17-36-114(71)86(130)64(25-16-35-99-89(95)96)104-78(122)65(42-53(2)3)106-75(119)60(92)46-59-50-113(112-111-59)38-39-134-41-40-133-4/h29-32,48,50,52-54,56,60-73,117H,5-28,33-47,49,51,91-92H2,1-4H3,(H,97,101)(H,100,120)(H,102,124)(H,103,126)(H,104,122)(H,105,128)(H,106,119)(H,107,121)(H,108,125)(H,109,127)(H,110,123)(H,131,132)(H4,93,94,98)(H4,95,96,99)/t56?,60-,61-,62-,63-,64-,65-,66-,67-,68-,69-,70?,71+,72-,73-/m0/s1. The first-order valence-electron chi connectivity index (χ1n) is 47.4. The number of ether oxygens (including phenoxy) is 2. The van der Waals surface area contributed by atoms with Crippen molar-refractivity contribution in [2.75, 3.05) is 72.8 Å². The maximum absolute atomic E-state index is 15.1. The first kappa shape index (κ1) is 108. The highest BCUT2D eigenvalue weighted by molar-refractivity contribution is 6.30. The van der Waals surface area contributed by atoms with Gasteiger partial charge < -0.3 is 126 Å². The van der Waals surface area contributed by atoms with Gasteiger partial charge in [0.2, 0.25) is 76.8 Å². The maximum Gasteiger partial charge on any atom is 0.326 e. The van der Waals surface area contributed by atoms with E-state index in [0.29, 0.717) is 113 Å². The zero-order valence-electron chi connectivity index (χ0n) is 77.6. The van der Waals surface area contributed by atoms with Gasteiger partial charge in [-0.25, -0.2) is 14.5 Å². The Morgan fingerprint density at radius 1 is 0.567 bits per heavy atom. The number of aliphatic carboxylic acids is 1. The smallest absolute Gasteiger partial charge is 0.326 e. The number of aliphatic hydroxyl groups excluding tert-OH is 1. The number of guanidine groups is 2. The molecule has 2 unspecified atom stereocenters. The number of carbonyl (C=O) groups excluding carboxylic acids is 13. The number of rotatable bonds is 57. The van der Waals surface area contributed by atoms with Gasteiger partial charge in [-0.3, -0.25) is 73.1 Å². The lowest BCUT2D eigenvalue weighted by molar-refractivity contribution is -0.145. The Balaban J connectivity index is 0.944. The minimum atomic E-state index is -1.79. The highest BCUT2D eigenvalue weighted by Gasteiger charge is 2.50. The SMILES string of the molecule is CCCC[C@H](NC(=O)[C@@H]1CC2CCCCC2N1C(=O)CNC(=O)[C@H](CCCCN)NC(=O)[C@H](Cc1c[nH]cn1)NC(=O)[C@H](CO)NC(=O)[C@H](CC1CCCCC1)NC(=O)[C@H](CCCCNC(=N)N)NC(=O)[C@H]1CCCN1C(=O)[C@H](CCCNC(=N)N)NC(=O)[C@H](CC(C)C)NC(=O)[C@@H](N)Cc1cn(CCOCCOC)nn1)C(=O)N1CCC[C@H]1C(=O)N[C@@H](Cc1ccc(Cl)cc1)C(=O)O. The molecule has 13 amide bonds. The van der Waals surface area contributed by atoms with E-state index in [4.69, 9.17) is 54.8 Å². The van der Waals surface area contributed by atoms with Gasteiger partial charge in [-0.2, -0.15) is 0 Å². The average molecular weight is 1900 g/mol. The summed E-state index contributed by atoms with van der Waals surface area (Å²) in [5.41, 5.74) is 24.8. The molecule has 0 spiro atoms. The number of hydrogen-bond acceptors (Lipinski definition) is 24. The second-order valence-electron chi connectivity index (χ2n) is 35.9. The van der Waals surface area contributed by atoms with Gasteiger partial charge in [0, 0.05) is 76.0 Å². The van der Waals surface area contributed by atoms with Crippen LogP contribution < -0.4 is 86.7 Å². The van der Waals surface area contributed by atoms with E-state index in [1.807, 2.05) is 20.8 Å². The molecule has 25 N–H and O–H groups in total. The van der Waals surface area contributed by atoms with Gasteiger partial charge >= 0.3 is 5.97 Å². The zero-order valence-corrected chi connectivity index (χ0v) is 78.3. The Hall–Kier alpha value is -11.2. The maximum atomic E-state index is 15.1. The largest absolute Gasteiger partial charge is 0.480 e. The number of nitrogens with zero attached hydrogens (tertiary/aromatic N) is 7. The number of imidazole rings is 1. The number of carbonyl (C=O) groups is 14. The van der Waals surface area contributed by atoms with Gasteiger partial charge in [-0.15, -0.1) is 5.10 Å². The summed E-state index contributed by atoms with van der Waals surface area (Å²) in [6, 6.07) is -10.8. The third-order valence-electron chi connectivity index (χ3n) is 25.2. The zero-order chi connectivity index (χ0) is 97.3. The van der Waals surface area contributed by atoms with Crippen LogP contribution in [0.15, 0.2) is 43.0 Å². The Kier molecular flexibility index (Phi) is 45.3. The number of nitrogens with two attached hydrogens (primary N) is 4. The summed E-state index contributed by atoms with van der Waals surface area (Å²) in [5, 5.41) is 78.3. The monoisotopic (exact) mass is 1900 g/mol. The summed E-state index contributed by atoms with van der Waals surface area (Å²) < 4.78 is 12.1. The van der Waals surface area contributed by atoms with Gasteiger partial charge in [-0.1, -0.05) is 108 Å². The number of unbranched alkanes of at least 4 members (excludes halogenated alkanes) is 3. The molecular weight excluding hydrogens is 1760 g/mol. The molecule has 0 bridgehead atoms. The summed E-state index contributed by atoms with van der Waals surface area (Å²) in [5.74, 6) is -12.0. The normalized spacial score (nSPS) is 19.4. The van der Waals surface area contributed by atoms with Crippen LogP contribution >= 0.6 is 11.6 Å². The summed E-state index contributed by atoms with van der Waals surface area (Å²) in [7, 11) is 1.56. The number of H-pyrrole nitrogens is 1. The summed E-state index contributed by atoms with van der Waals surface area (Å²) >= 11 is 6.06. The number of aromatic amines is 1. The molecule has 5 fully saturated rings. The second kappa shape index (κ2) is 56.2. The first-order chi connectivity index (χ1) is 64.3. The number of carboxylic acid groups (broad SMARTS) is 1. The molecular formula is C89H143ClN26O18. The van der Waals surface area contributed by atoms with Crippen LogP contribution in [-0.2, 0) is 102 Å². The van der Waals surface area contributed by atoms with Crippen LogP contribution in [0.25, 0.3) is 0 Å². The molecule has 5 heterocycles. The van der Waals surface area contributed by atoms with E-state index in [9.17, 15) is 63.0 Å². The number of hydrogen-bond donors (Lipinski definition) is 21. The summed E-state index contributed by atoms with van der Waals surface area (Å²) in [6.45, 7) is 6.22. The third-order valence-corrected chi connectivity index (χ3v) is 25.4. The number of aromatic nitrogens is 5. The Morgan fingerprint density at radius 3 is 1.74 bits per heavy atom. The fraction of sp³-hybridized carbons (Fsp3) is 0.697. The van der Waals surface area contributed by atoms with Gasteiger partial charge in [0.1, 0.15) is 72.5 Å². The van der Waals surface area contributed by atoms with Crippen molar-refractivity contribution in [3.8, 4) is 0 Å². The number of benzene rings is 1. The number of aliphatic hydroxyl groups is 1. The fourth-order valence-corrected chi connectivity index (χ4v) is 18.2. The number of fused-ring (bicyclic) bond motifs is 1. The molecule has 8 rings (SSSR count). The number of likely N-dealkylation sites (tertiary alicyclic amines) is 3. The van der Waals surface area contributed by atoms with Crippen molar-refractivity contribution in [3.63, 3.8) is 0 Å². The van der Waals surface area contributed by atoms with E-state index in [1.165, 1.54) is 27.2 Å². The van der Waals surface area contributed by atoms with E-state index < -0.39 is 181 Å². The minimum absolute atomic E-state index is 0.0130. The number of nitrogens with one attached hydrogen (secondary N) is 15. The fourth-order valence-electron chi connectivity index (χ4n) is 18.1. The van der Waals surface area contributed by atoms with Crippen LogP contribution in [0.1, 0.15) is 211 Å². The lowest BCUT2D eigenvalue weighted by atomic mass is 9.84. The molecule has 744 valence electrons. The third kappa shape index (κ3) is 34.6. The molecule has 3 aliphatic heterocycles. The highest BCUT2D eigenvalue weighted by atomic mass is 35.5. The van der Waals surface area contributed by atoms with Crippen molar-refractivity contribution in [1.82, 2.24) is 103 Å². The summed E-state index contributed by atoms with van der Waals surface area (Å²) in [4.78, 5) is 215. The lowest BCUT2D eigenvalue weighted by Crippen LogP contribution is -2.61. The molecule has 44 nitrogen and oxygen atoms in total. The van der Waals surface area contributed by atoms with E-state index in [2.05, 4.69) is 84.1 Å². The van der Waals surface area contributed by atoms with Crippen molar-refractivity contribution < 1.29 is 86.8 Å². The Morgan fingerprint density at radius 2 is 1.11 bits per heavy atom. The predicted octanol–water partition coefficient (Wildman–Crippen LogP) is -1.38. The molecule has 15 atom stereocenters. The topological polar surface area (TPSA) is 663 Å². The van der Waals surface area contributed by atoms with Crippen molar-refractivity contribution in [3.05, 3.63) is 65.0 Å². The molecule has 3 aromatic rings. The Bertz CT molecular complexity index is 4350. The van der Waals surface area contributed by atoms with Crippen molar-refractivity contribution in [2.45, 2.75) is 305 Å². The number of carboxylic acids is 1. The highest BCUT2D eigenvalue weighted by Crippen LogP contribution is 2.40. The van der Waals surface area contributed by atoms with E-state index in [0.717, 1.165) is 32.1 Å². The lowest BCUT2D eigenvalue weighted by Gasteiger charge is -2.34.